The van der Waals surface area contributed by atoms with Crippen molar-refractivity contribution < 1.29 is 14.7 Å². The topological polar surface area (TPSA) is 57.6 Å². The van der Waals surface area contributed by atoms with E-state index >= 15 is 0 Å². The molecule has 0 aromatic rings. The molecule has 0 aromatic heterocycles. The molecule has 0 aliphatic heterocycles. The van der Waals surface area contributed by atoms with Crippen molar-refractivity contribution >= 4 is 11.9 Å². The van der Waals surface area contributed by atoms with Gasteiger partial charge in [-0.2, -0.15) is 0 Å². The van der Waals surface area contributed by atoms with E-state index in [1.165, 1.54) is 0 Å². The lowest BCUT2D eigenvalue weighted by Gasteiger charge is -2.34. The number of nitrogens with zero attached hydrogens (tertiary/aromatic N) is 1. The third kappa shape index (κ3) is 3.95. The van der Waals surface area contributed by atoms with Crippen LogP contribution in [-0.4, -0.2) is 35.5 Å². The molecule has 1 aliphatic carbocycles. The predicted molar refractivity (Wildman–Crippen MR) is 74.8 cm³/mol. The minimum Gasteiger partial charge on any atom is -0.481 e. The summed E-state index contributed by atoms with van der Waals surface area (Å²) in [7, 11) is 1.74. The Morgan fingerprint density at radius 2 is 1.74 bits per heavy atom. The van der Waals surface area contributed by atoms with Crippen molar-refractivity contribution in [3.63, 3.8) is 0 Å². The molecule has 1 aliphatic rings. The molecular weight excluding hydrogens is 242 g/mol. The van der Waals surface area contributed by atoms with Crippen molar-refractivity contribution in [2.24, 2.45) is 17.3 Å². The molecule has 1 saturated carbocycles. The number of hydrogen-bond acceptors (Lipinski definition) is 2. The van der Waals surface area contributed by atoms with E-state index in [2.05, 4.69) is 13.8 Å². The molecule has 1 amide bonds. The molecule has 0 radical (unpaired) electrons. The average molecular weight is 269 g/mol. The highest BCUT2D eigenvalue weighted by atomic mass is 16.4. The Bertz CT molecular complexity index is 332. The first-order chi connectivity index (χ1) is 8.78. The molecule has 0 heterocycles. The Balaban J connectivity index is 2.74. The summed E-state index contributed by atoms with van der Waals surface area (Å²) in [6, 6.07) is 0. The summed E-state index contributed by atoms with van der Waals surface area (Å²) in [6.07, 6.45) is 5.05. The predicted octanol–water partition coefficient (Wildman–Crippen LogP) is 2.77. The van der Waals surface area contributed by atoms with Gasteiger partial charge in [-0.25, -0.2) is 0 Å². The molecule has 0 spiro atoms. The van der Waals surface area contributed by atoms with Gasteiger partial charge in [0.25, 0.3) is 0 Å². The van der Waals surface area contributed by atoms with Crippen molar-refractivity contribution in [3.8, 4) is 0 Å². The summed E-state index contributed by atoms with van der Waals surface area (Å²) in [5, 5.41) is 8.95. The first-order valence-corrected chi connectivity index (χ1v) is 7.27. The number of rotatable bonds is 6. The monoisotopic (exact) mass is 269 g/mol. The summed E-state index contributed by atoms with van der Waals surface area (Å²) in [5.74, 6) is -0.713. The van der Waals surface area contributed by atoms with Crippen LogP contribution in [0.15, 0.2) is 0 Å². The molecular formula is C15H27NO3. The maximum absolute atomic E-state index is 12.7. The summed E-state index contributed by atoms with van der Waals surface area (Å²) < 4.78 is 0. The van der Waals surface area contributed by atoms with Crippen LogP contribution in [0.1, 0.15) is 52.9 Å². The molecule has 1 N–H and O–H groups in total. The van der Waals surface area contributed by atoms with Gasteiger partial charge in [0.2, 0.25) is 5.91 Å². The number of carboxylic acid groups (broad SMARTS) is 1. The first kappa shape index (κ1) is 16.0. The zero-order valence-electron chi connectivity index (χ0n) is 12.6. The van der Waals surface area contributed by atoms with Crippen LogP contribution in [0, 0.1) is 17.3 Å². The fourth-order valence-electron chi connectivity index (χ4n) is 3.32. The van der Waals surface area contributed by atoms with Crippen LogP contribution in [0.4, 0.5) is 0 Å². The van der Waals surface area contributed by atoms with Gasteiger partial charge in [-0.3, -0.25) is 9.59 Å². The van der Waals surface area contributed by atoms with Gasteiger partial charge in [0.15, 0.2) is 0 Å². The van der Waals surface area contributed by atoms with Gasteiger partial charge >= 0.3 is 5.97 Å². The second-order valence-electron chi connectivity index (χ2n) is 6.51. The van der Waals surface area contributed by atoms with Crippen LogP contribution in [0.25, 0.3) is 0 Å². The Morgan fingerprint density at radius 1 is 1.21 bits per heavy atom. The number of aliphatic carboxylic acids is 1. The van der Waals surface area contributed by atoms with E-state index in [0.29, 0.717) is 12.5 Å². The molecule has 0 bridgehead atoms. The molecule has 19 heavy (non-hydrogen) atoms. The van der Waals surface area contributed by atoms with Crippen molar-refractivity contribution in [1.82, 2.24) is 4.90 Å². The molecule has 0 aromatic carbocycles. The lowest BCUT2D eigenvalue weighted by atomic mass is 9.77. The molecule has 1 atom stereocenters. The highest BCUT2D eigenvalue weighted by Crippen LogP contribution is 2.44. The molecule has 1 unspecified atom stereocenters. The van der Waals surface area contributed by atoms with E-state index < -0.39 is 11.9 Å². The largest absolute Gasteiger partial charge is 0.481 e. The zero-order valence-corrected chi connectivity index (χ0v) is 12.6. The van der Waals surface area contributed by atoms with Gasteiger partial charge in [0.05, 0.1) is 5.92 Å². The fraction of sp³-hybridized carbons (Fsp3) is 0.867. The first-order valence-electron chi connectivity index (χ1n) is 7.27. The van der Waals surface area contributed by atoms with E-state index in [-0.39, 0.29) is 11.3 Å². The van der Waals surface area contributed by atoms with Crippen LogP contribution in [0.3, 0.4) is 0 Å². The highest BCUT2D eigenvalue weighted by Gasteiger charge is 2.43. The maximum Gasteiger partial charge on any atom is 0.308 e. The molecule has 4 nitrogen and oxygen atoms in total. The van der Waals surface area contributed by atoms with E-state index in [4.69, 9.17) is 5.11 Å². The van der Waals surface area contributed by atoms with Crippen LogP contribution in [0.2, 0.25) is 0 Å². The third-order valence-corrected chi connectivity index (χ3v) is 4.13. The number of amides is 1. The standard InChI is InChI=1S/C15H27NO3/c1-11(2)9-15(7-5-6-8-15)14(19)16(4)10-12(3)13(17)18/h11-12H,5-10H2,1-4H3,(H,17,18). The van der Waals surface area contributed by atoms with Crippen molar-refractivity contribution in [3.05, 3.63) is 0 Å². The Hall–Kier alpha value is -1.06. The lowest BCUT2D eigenvalue weighted by Crippen LogP contribution is -2.43. The Kier molecular flexibility index (Phi) is 5.39. The highest BCUT2D eigenvalue weighted by molar-refractivity contribution is 5.83. The summed E-state index contributed by atoms with van der Waals surface area (Å²) in [5.41, 5.74) is -0.235. The van der Waals surface area contributed by atoms with Gasteiger partial charge in [-0.05, 0) is 25.2 Å². The van der Waals surface area contributed by atoms with Crippen molar-refractivity contribution in [1.29, 1.82) is 0 Å². The number of carboxylic acids is 1. The van der Waals surface area contributed by atoms with Gasteiger partial charge in [0.1, 0.15) is 0 Å². The fourth-order valence-corrected chi connectivity index (χ4v) is 3.32. The molecule has 4 heteroatoms. The van der Waals surface area contributed by atoms with E-state index in [9.17, 15) is 9.59 Å². The number of carbonyl (C=O) groups is 2. The maximum atomic E-state index is 12.7. The molecule has 0 saturated heterocycles. The second kappa shape index (κ2) is 6.40. The van der Waals surface area contributed by atoms with E-state index in [0.717, 1.165) is 32.1 Å². The van der Waals surface area contributed by atoms with Gasteiger partial charge in [-0.15, -0.1) is 0 Å². The van der Waals surface area contributed by atoms with Gasteiger partial charge < -0.3 is 10.0 Å². The summed E-state index contributed by atoms with van der Waals surface area (Å²) in [6.45, 7) is 6.24. The second-order valence-corrected chi connectivity index (χ2v) is 6.51. The average Bonchev–Trinajstić information content (AvgIpc) is 2.76. The Labute approximate surface area is 116 Å². The third-order valence-electron chi connectivity index (χ3n) is 4.13. The van der Waals surface area contributed by atoms with Crippen LogP contribution < -0.4 is 0 Å². The summed E-state index contributed by atoms with van der Waals surface area (Å²) >= 11 is 0. The summed E-state index contributed by atoms with van der Waals surface area (Å²) in [4.78, 5) is 25.2. The lowest BCUT2D eigenvalue weighted by molar-refractivity contribution is -0.146. The van der Waals surface area contributed by atoms with E-state index in [1.54, 1.807) is 18.9 Å². The normalized spacial score (nSPS) is 19.4. The van der Waals surface area contributed by atoms with Gasteiger partial charge in [-0.1, -0.05) is 33.6 Å². The smallest absolute Gasteiger partial charge is 0.308 e. The van der Waals surface area contributed by atoms with Crippen molar-refractivity contribution in [2.45, 2.75) is 52.9 Å². The van der Waals surface area contributed by atoms with Crippen molar-refractivity contribution in [2.75, 3.05) is 13.6 Å². The van der Waals surface area contributed by atoms with Crippen LogP contribution >= 0.6 is 0 Å². The Morgan fingerprint density at radius 3 is 2.16 bits per heavy atom. The molecule has 110 valence electrons. The van der Waals surface area contributed by atoms with Crippen LogP contribution in [-0.2, 0) is 9.59 Å². The zero-order chi connectivity index (χ0) is 14.6. The van der Waals surface area contributed by atoms with Gasteiger partial charge in [0, 0.05) is 19.0 Å². The van der Waals surface area contributed by atoms with E-state index in [1.807, 2.05) is 0 Å². The minimum absolute atomic E-state index is 0.145. The number of hydrogen-bond donors (Lipinski definition) is 1. The molecule has 1 rings (SSSR count). The number of carbonyl (C=O) groups excluding carboxylic acids is 1. The SMILES string of the molecule is CC(C)CC1(C(=O)N(C)CC(C)C(=O)O)CCCC1. The van der Waals surface area contributed by atoms with Crippen LogP contribution in [0.5, 0.6) is 0 Å². The molecule has 1 fully saturated rings. The quantitative estimate of drug-likeness (QED) is 0.806. The minimum atomic E-state index is -0.844.